The zero-order valence-corrected chi connectivity index (χ0v) is 17.1. The largest absolute Gasteiger partial charge is 0.354 e. The second-order valence-corrected chi connectivity index (χ2v) is 6.28. The summed E-state index contributed by atoms with van der Waals surface area (Å²) in [6, 6.07) is 4.16. The lowest BCUT2D eigenvalue weighted by Gasteiger charge is -2.15. The molecule has 2 rings (SSSR count). The molecule has 0 spiro atoms. The number of aromatic nitrogens is 2. The van der Waals surface area contributed by atoms with E-state index in [1.807, 2.05) is 13.8 Å². The van der Waals surface area contributed by atoms with E-state index in [0.29, 0.717) is 29.8 Å². The molecule has 10 heteroatoms. The van der Waals surface area contributed by atoms with Crippen molar-refractivity contribution < 1.29 is 14.0 Å². The molecule has 0 bridgehead atoms. The van der Waals surface area contributed by atoms with Gasteiger partial charge in [0, 0.05) is 20.0 Å². The summed E-state index contributed by atoms with van der Waals surface area (Å²) in [4.78, 5) is 27.8. The summed E-state index contributed by atoms with van der Waals surface area (Å²) < 4.78 is 15.5. The molecule has 1 aromatic carbocycles. The predicted molar refractivity (Wildman–Crippen MR) is 108 cm³/mol. The van der Waals surface area contributed by atoms with Crippen molar-refractivity contribution in [2.75, 3.05) is 13.1 Å². The van der Waals surface area contributed by atoms with E-state index in [1.54, 1.807) is 23.7 Å². The Hall–Kier alpha value is -1.90. The lowest BCUT2D eigenvalue weighted by atomic mass is 10.1. The van der Waals surface area contributed by atoms with E-state index in [4.69, 9.17) is 5.73 Å². The number of carbonyl (C=O) groups is 2. The Labute approximate surface area is 170 Å². The number of nitrogens with zero attached hydrogens (tertiary/aromatic N) is 2. The van der Waals surface area contributed by atoms with Gasteiger partial charge in [0.15, 0.2) is 5.82 Å². The predicted octanol–water partition coefficient (Wildman–Crippen LogP) is 1.31. The molecule has 2 amide bonds. The van der Waals surface area contributed by atoms with Crippen LogP contribution in [-0.4, -0.2) is 40.5 Å². The molecule has 27 heavy (non-hydrogen) atoms. The number of rotatable bonds is 7. The molecule has 0 aliphatic rings. The minimum absolute atomic E-state index is 0. The van der Waals surface area contributed by atoms with Gasteiger partial charge >= 0.3 is 0 Å². The number of benzene rings is 1. The number of hydrogen-bond donors (Lipinski definition) is 3. The number of carbonyl (C=O) groups excluding carboxylic acids is 2. The number of amides is 2. The van der Waals surface area contributed by atoms with E-state index < -0.39 is 6.04 Å². The fourth-order valence-corrected chi connectivity index (χ4v) is 2.42. The Morgan fingerprint density at radius 2 is 1.93 bits per heavy atom. The second kappa shape index (κ2) is 11.1. The van der Waals surface area contributed by atoms with Gasteiger partial charge in [-0.25, -0.2) is 9.37 Å². The summed E-state index contributed by atoms with van der Waals surface area (Å²) in [5.74, 6) is -0.356. The molecular formula is C17H26Cl2FN5O2. The van der Waals surface area contributed by atoms with Crippen LogP contribution in [0.15, 0.2) is 18.2 Å². The Morgan fingerprint density at radius 3 is 2.52 bits per heavy atom. The van der Waals surface area contributed by atoms with Gasteiger partial charge in [-0.3, -0.25) is 9.59 Å². The van der Waals surface area contributed by atoms with Crippen molar-refractivity contribution in [3.05, 3.63) is 29.8 Å². The Bertz CT molecular complexity index is 782. The van der Waals surface area contributed by atoms with Crippen LogP contribution < -0.4 is 16.4 Å². The first-order valence-corrected chi connectivity index (χ1v) is 8.21. The number of nitrogens with one attached hydrogen (secondary N) is 2. The molecule has 0 saturated carbocycles. The first-order chi connectivity index (χ1) is 11.8. The Kier molecular flexibility index (Phi) is 10.3. The SMILES string of the molecule is CC(C)[C@H](N)C(=O)NCC(=O)NCCc1nc2c(F)cccc2n1C.Cl.Cl. The lowest BCUT2D eigenvalue weighted by molar-refractivity contribution is -0.127. The van der Waals surface area contributed by atoms with E-state index in [9.17, 15) is 14.0 Å². The van der Waals surface area contributed by atoms with Gasteiger partial charge in [-0.1, -0.05) is 19.9 Å². The zero-order chi connectivity index (χ0) is 18.6. The molecule has 1 atom stereocenters. The van der Waals surface area contributed by atoms with Crippen molar-refractivity contribution in [2.24, 2.45) is 18.7 Å². The van der Waals surface area contributed by atoms with E-state index in [2.05, 4.69) is 15.6 Å². The second-order valence-electron chi connectivity index (χ2n) is 6.28. The summed E-state index contributed by atoms with van der Waals surface area (Å²) in [5, 5.41) is 5.21. The van der Waals surface area contributed by atoms with Crippen LogP contribution in [0.1, 0.15) is 19.7 Å². The molecule has 0 unspecified atom stereocenters. The zero-order valence-electron chi connectivity index (χ0n) is 15.5. The summed E-state index contributed by atoms with van der Waals surface area (Å²) >= 11 is 0. The summed E-state index contributed by atoms with van der Waals surface area (Å²) in [5.41, 5.74) is 6.73. The molecule has 1 aromatic heterocycles. The quantitative estimate of drug-likeness (QED) is 0.626. The molecule has 152 valence electrons. The maximum absolute atomic E-state index is 13.7. The number of para-hydroxylation sites is 1. The summed E-state index contributed by atoms with van der Waals surface area (Å²) in [6.07, 6.45) is 0.454. The highest BCUT2D eigenvalue weighted by Crippen LogP contribution is 2.17. The van der Waals surface area contributed by atoms with Crippen LogP contribution in [0.4, 0.5) is 4.39 Å². The molecule has 0 aliphatic heterocycles. The van der Waals surface area contributed by atoms with Crippen LogP contribution in [0.2, 0.25) is 0 Å². The van der Waals surface area contributed by atoms with Crippen LogP contribution in [0.25, 0.3) is 11.0 Å². The van der Waals surface area contributed by atoms with Crippen LogP contribution in [0.3, 0.4) is 0 Å². The topological polar surface area (TPSA) is 102 Å². The van der Waals surface area contributed by atoms with Crippen molar-refractivity contribution in [3.63, 3.8) is 0 Å². The van der Waals surface area contributed by atoms with Crippen molar-refractivity contribution in [1.82, 2.24) is 20.2 Å². The maximum atomic E-state index is 13.7. The van der Waals surface area contributed by atoms with Crippen molar-refractivity contribution in [1.29, 1.82) is 0 Å². The average Bonchev–Trinajstić information content (AvgIpc) is 2.90. The molecule has 7 nitrogen and oxygen atoms in total. The van der Waals surface area contributed by atoms with Crippen molar-refractivity contribution >= 4 is 47.7 Å². The van der Waals surface area contributed by atoms with Gasteiger partial charge in [-0.2, -0.15) is 0 Å². The van der Waals surface area contributed by atoms with Crippen LogP contribution in [0.5, 0.6) is 0 Å². The number of fused-ring (bicyclic) bond motifs is 1. The van der Waals surface area contributed by atoms with Gasteiger partial charge in [0.1, 0.15) is 11.3 Å². The number of imidazole rings is 1. The monoisotopic (exact) mass is 421 g/mol. The third-order valence-corrected chi connectivity index (χ3v) is 4.07. The summed E-state index contributed by atoms with van der Waals surface area (Å²) in [7, 11) is 1.81. The number of nitrogens with two attached hydrogens (primary N) is 1. The van der Waals surface area contributed by atoms with Gasteiger partial charge in [0.25, 0.3) is 0 Å². The molecule has 2 aromatic rings. The minimum atomic E-state index is -0.636. The van der Waals surface area contributed by atoms with Crippen LogP contribution in [-0.2, 0) is 23.1 Å². The average molecular weight is 422 g/mol. The van der Waals surface area contributed by atoms with Crippen molar-refractivity contribution in [2.45, 2.75) is 26.3 Å². The Balaban J connectivity index is 0.00000338. The Morgan fingerprint density at radius 1 is 1.26 bits per heavy atom. The van der Waals surface area contributed by atoms with E-state index in [0.717, 1.165) is 0 Å². The smallest absolute Gasteiger partial charge is 0.239 e. The molecule has 4 N–H and O–H groups in total. The fourth-order valence-electron chi connectivity index (χ4n) is 2.42. The fraction of sp³-hybridized carbons (Fsp3) is 0.471. The van der Waals surface area contributed by atoms with Crippen LogP contribution in [0, 0.1) is 11.7 Å². The highest BCUT2D eigenvalue weighted by Gasteiger charge is 2.17. The van der Waals surface area contributed by atoms with Gasteiger partial charge in [-0.15, -0.1) is 24.8 Å². The normalized spacial score (nSPS) is 11.5. The highest BCUT2D eigenvalue weighted by atomic mass is 35.5. The summed E-state index contributed by atoms with van der Waals surface area (Å²) in [6.45, 7) is 3.88. The first kappa shape index (κ1) is 25.1. The van der Waals surface area contributed by atoms with E-state index >= 15 is 0 Å². The molecule has 0 aliphatic carbocycles. The molecule has 0 saturated heterocycles. The number of hydrogen-bond acceptors (Lipinski definition) is 4. The van der Waals surface area contributed by atoms with E-state index in [1.165, 1.54) is 6.07 Å². The molecule has 0 fully saturated rings. The van der Waals surface area contributed by atoms with E-state index in [-0.39, 0.29) is 54.9 Å². The van der Waals surface area contributed by atoms with Crippen LogP contribution >= 0.6 is 24.8 Å². The highest BCUT2D eigenvalue weighted by molar-refractivity contribution is 5.87. The molecule has 1 heterocycles. The van der Waals surface area contributed by atoms with Gasteiger partial charge in [0.05, 0.1) is 18.1 Å². The van der Waals surface area contributed by atoms with Gasteiger partial charge in [-0.05, 0) is 18.1 Å². The maximum Gasteiger partial charge on any atom is 0.239 e. The molecular weight excluding hydrogens is 396 g/mol. The molecule has 0 radical (unpaired) electrons. The third kappa shape index (κ3) is 6.34. The minimum Gasteiger partial charge on any atom is -0.354 e. The third-order valence-electron chi connectivity index (χ3n) is 4.07. The standard InChI is InChI=1S/C17H24FN5O2.2ClH/c1-10(2)15(19)17(25)21-9-14(24)20-8-7-13-22-16-11(18)5-4-6-12(16)23(13)3;;/h4-6,10,15H,7-9,19H2,1-3H3,(H,20,24)(H,21,25);2*1H/t15-;;/m0../s1. The van der Waals surface area contributed by atoms with Gasteiger partial charge < -0.3 is 20.9 Å². The first-order valence-electron chi connectivity index (χ1n) is 8.21. The van der Waals surface area contributed by atoms with Crippen molar-refractivity contribution in [3.8, 4) is 0 Å². The number of halogens is 3. The lowest BCUT2D eigenvalue weighted by Crippen LogP contribution is -2.47. The van der Waals surface area contributed by atoms with Gasteiger partial charge in [0.2, 0.25) is 11.8 Å². The number of aryl methyl sites for hydroxylation is 1.